The van der Waals surface area contributed by atoms with Crippen LogP contribution in [0.15, 0.2) is 22.8 Å². The summed E-state index contributed by atoms with van der Waals surface area (Å²) in [5.74, 6) is 0.907. The molecule has 0 amide bonds. The third kappa shape index (κ3) is 3.99. The SMILES string of the molecule is CC(C)(C)c1cc(-c2nc(CCCO)co2)cc(C(C)(C)C)c1O. The third-order valence-corrected chi connectivity index (χ3v) is 4.12. The molecule has 0 spiro atoms. The second kappa shape index (κ2) is 6.60. The number of oxazole rings is 1. The monoisotopic (exact) mass is 331 g/mol. The lowest BCUT2D eigenvalue weighted by Crippen LogP contribution is -2.17. The molecule has 4 heteroatoms. The van der Waals surface area contributed by atoms with Crippen molar-refractivity contribution in [1.82, 2.24) is 4.98 Å². The van der Waals surface area contributed by atoms with E-state index in [9.17, 15) is 5.11 Å². The summed E-state index contributed by atoms with van der Waals surface area (Å²) < 4.78 is 5.65. The molecule has 0 fully saturated rings. The van der Waals surface area contributed by atoms with Gasteiger partial charge in [-0.05, 0) is 35.8 Å². The average molecular weight is 331 g/mol. The van der Waals surface area contributed by atoms with E-state index in [1.807, 2.05) is 12.1 Å². The molecule has 2 aromatic rings. The maximum Gasteiger partial charge on any atom is 0.226 e. The zero-order valence-electron chi connectivity index (χ0n) is 15.6. The second-order valence-corrected chi connectivity index (χ2v) is 8.39. The Labute approximate surface area is 144 Å². The van der Waals surface area contributed by atoms with Crippen LogP contribution in [0.4, 0.5) is 0 Å². The van der Waals surface area contributed by atoms with E-state index in [-0.39, 0.29) is 17.4 Å². The Hall–Kier alpha value is -1.81. The molecule has 0 saturated heterocycles. The molecule has 24 heavy (non-hydrogen) atoms. The summed E-state index contributed by atoms with van der Waals surface area (Å²) in [4.78, 5) is 4.53. The molecule has 0 atom stereocenters. The van der Waals surface area contributed by atoms with Crippen LogP contribution in [0.25, 0.3) is 11.5 Å². The molecule has 0 radical (unpaired) electrons. The van der Waals surface area contributed by atoms with Gasteiger partial charge in [0.25, 0.3) is 0 Å². The number of phenolic OH excluding ortho intramolecular Hbond substituents is 1. The highest BCUT2D eigenvalue weighted by atomic mass is 16.3. The van der Waals surface area contributed by atoms with Crippen LogP contribution in [-0.4, -0.2) is 21.8 Å². The van der Waals surface area contributed by atoms with Crippen LogP contribution < -0.4 is 0 Å². The molecule has 2 N–H and O–H groups in total. The number of aliphatic hydroxyl groups is 1. The van der Waals surface area contributed by atoms with Crippen molar-refractivity contribution in [2.75, 3.05) is 6.61 Å². The van der Waals surface area contributed by atoms with Crippen LogP contribution in [0.3, 0.4) is 0 Å². The van der Waals surface area contributed by atoms with Gasteiger partial charge < -0.3 is 14.6 Å². The van der Waals surface area contributed by atoms with Crippen LogP contribution in [0, 0.1) is 0 Å². The van der Waals surface area contributed by atoms with Crippen LogP contribution in [0.1, 0.15) is 64.8 Å². The number of aromatic hydroxyl groups is 1. The molecule has 0 unspecified atom stereocenters. The molecule has 0 aliphatic carbocycles. The summed E-state index contributed by atoms with van der Waals surface area (Å²) in [5, 5.41) is 19.7. The third-order valence-electron chi connectivity index (χ3n) is 4.12. The van der Waals surface area contributed by atoms with Crippen LogP contribution >= 0.6 is 0 Å². The summed E-state index contributed by atoms with van der Waals surface area (Å²) in [7, 11) is 0. The van der Waals surface area contributed by atoms with Gasteiger partial charge in [-0.15, -0.1) is 0 Å². The van der Waals surface area contributed by atoms with Crippen molar-refractivity contribution < 1.29 is 14.6 Å². The smallest absolute Gasteiger partial charge is 0.226 e. The molecule has 1 heterocycles. The minimum Gasteiger partial charge on any atom is -0.507 e. The number of aryl methyl sites for hydroxylation is 1. The number of rotatable bonds is 4. The Bertz CT molecular complexity index is 667. The predicted octanol–water partition coefficient (Wildman–Crippen LogP) is 4.57. The maximum atomic E-state index is 10.8. The Morgan fingerprint density at radius 2 is 1.54 bits per heavy atom. The lowest BCUT2D eigenvalue weighted by molar-refractivity contribution is 0.288. The fourth-order valence-corrected chi connectivity index (χ4v) is 2.72. The first kappa shape index (κ1) is 18.5. The van der Waals surface area contributed by atoms with Crippen LogP contribution in [0.5, 0.6) is 5.75 Å². The standard InChI is InChI=1S/C20H29NO3/c1-19(2,3)15-10-13(11-16(17(15)23)20(4,5)6)18-21-14(12-24-18)8-7-9-22/h10-12,22-23H,7-9H2,1-6H3. The van der Waals surface area contributed by atoms with E-state index >= 15 is 0 Å². The first-order valence-corrected chi connectivity index (χ1v) is 8.47. The topological polar surface area (TPSA) is 66.5 Å². The molecule has 0 aliphatic rings. The van der Waals surface area contributed by atoms with Gasteiger partial charge in [-0.1, -0.05) is 41.5 Å². The number of nitrogens with zero attached hydrogens (tertiary/aromatic N) is 1. The van der Waals surface area contributed by atoms with Gasteiger partial charge in [0.15, 0.2) is 0 Å². The highest BCUT2D eigenvalue weighted by Gasteiger charge is 2.27. The van der Waals surface area contributed by atoms with Crippen LogP contribution in [-0.2, 0) is 17.3 Å². The minimum atomic E-state index is -0.188. The largest absolute Gasteiger partial charge is 0.507 e. The molecular formula is C20H29NO3. The Balaban J connectivity index is 2.56. The Kier molecular flexibility index (Phi) is 5.09. The highest BCUT2D eigenvalue weighted by molar-refractivity contribution is 5.63. The van der Waals surface area contributed by atoms with Crippen molar-refractivity contribution >= 4 is 0 Å². The summed E-state index contributed by atoms with van der Waals surface area (Å²) in [6.07, 6.45) is 3.00. The molecule has 132 valence electrons. The number of hydrogen-bond donors (Lipinski definition) is 2. The molecule has 1 aromatic carbocycles. The number of aromatic nitrogens is 1. The molecular weight excluding hydrogens is 302 g/mol. The summed E-state index contributed by atoms with van der Waals surface area (Å²) in [6.45, 7) is 12.6. The van der Waals surface area contributed by atoms with E-state index < -0.39 is 0 Å². The van der Waals surface area contributed by atoms with Crippen molar-refractivity contribution in [2.45, 2.75) is 65.2 Å². The van der Waals surface area contributed by atoms with Crippen LogP contribution in [0.2, 0.25) is 0 Å². The zero-order valence-corrected chi connectivity index (χ0v) is 15.6. The van der Waals surface area contributed by atoms with Gasteiger partial charge in [0, 0.05) is 23.3 Å². The normalized spacial score (nSPS) is 12.6. The Morgan fingerprint density at radius 3 is 2.00 bits per heavy atom. The van der Waals surface area contributed by atoms with Crippen molar-refractivity contribution in [3.05, 3.63) is 35.2 Å². The van der Waals surface area contributed by atoms with Gasteiger partial charge in [0.2, 0.25) is 5.89 Å². The number of phenols is 1. The average Bonchev–Trinajstić information content (AvgIpc) is 2.91. The fourth-order valence-electron chi connectivity index (χ4n) is 2.72. The van der Waals surface area contributed by atoms with E-state index in [1.165, 1.54) is 0 Å². The van der Waals surface area contributed by atoms with E-state index in [0.29, 0.717) is 24.5 Å². The molecule has 1 aromatic heterocycles. The lowest BCUT2D eigenvalue weighted by Gasteiger charge is -2.27. The van der Waals surface area contributed by atoms with Crippen molar-refractivity contribution in [3.63, 3.8) is 0 Å². The number of hydrogen-bond acceptors (Lipinski definition) is 4. The van der Waals surface area contributed by atoms with Gasteiger partial charge in [0.05, 0.1) is 5.69 Å². The Morgan fingerprint density at radius 1 is 1.00 bits per heavy atom. The summed E-state index contributed by atoms with van der Waals surface area (Å²) in [6, 6.07) is 3.93. The summed E-state index contributed by atoms with van der Waals surface area (Å²) in [5.41, 5.74) is 3.11. The van der Waals surface area contributed by atoms with E-state index in [1.54, 1.807) is 6.26 Å². The maximum absolute atomic E-state index is 10.8. The van der Waals surface area contributed by atoms with Crippen molar-refractivity contribution in [3.8, 4) is 17.2 Å². The quantitative estimate of drug-likeness (QED) is 0.861. The first-order valence-electron chi connectivity index (χ1n) is 8.47. The molecule has 0 saturated carbocycles. The number of aliphatic hydroxyl groups excluding tert-OH is 1. The van der Waals surface area contributed by atoms with Gasteiger partial charge in [-0.2, -0.15) is 0 Å². The minimum absolute atomic E-state index is 0.143. The van der Waals surface area contributed by atoms with E-state index in [0.717, 1.165) is 22.4 Å². The molecule has 4 nitrogen and oxygen atoms in total. The lowest BCUT2D eigenvalue weighted by atomic mass is 9.78. The molecule has 0 bridgehead atoms. The fraction of sp³-hybridized carbons (Fsp3) is 0.550. The zero-order chi connectivity index (χ0) is 18.1. The molecule has 0 aliphatic heterocycles. The second-order valence-electron chi connectivity index (χ2n) is 8.39. The highest BCUT2D eigenvalue weighted by Crippen LogP contribution is 2.41. The van der Waals surface area contributed by atoms with Gasteiger partial charge >= 0.3 is 0 Å². The van der Waals surface area contributed by atoms with Gasteiger partial charge in [-0.25, -0.2) is 4.98 Å². The van der Waals surface area contributed by atoms with E-state index in [2.05, 4.69) is 46.5 Å². The molecule has 2 rings (SSSR count). The van der Waals surface area contributed by atoms with E-state index in [4.69, 9.17) is 9.52 Å². The first-order chi connectivity index (χ1) is 11.0. The number of benzene rings is 1. The predicted molar refractivity (Wildman–Crippen MR) is 96.4 cm³/mol. The van der Waals surface area contributed by atoms with Crippen molar-refractivity contribution in [2.24, 2.45) is 0 Å². The summed E-state index contributed by atoms with van der Waals surface area (Å²) >= 11 is 0. The van der Waals surface area contributed by atoms with Crippen molar-refractivity contribution in [1.29, 1.82) is 0 Å². The van der Waals surface area contributed by atoms with Gasteiger partial charge in [-0.3, -0.25) is 0 Å². The van der Waals surface area contributed by atoms with Gasteiger partial charge in [0.1, 0.15) is 12.0 Å².